The minimum Gasteiger partial charge on any atom is -0.0696 e. The Morgan fingerprint density at radius 3 is 1.53 bits per heavy atom. The molecule has 0 saturated carbocycles. The van der Waals surface area contributed by atoms with E-state index in [1.807, 2.05) is 0 Å². The van der Waals surface area contributed by atoms with E-state index in [0.717, 1.165) is 0 Å². The Morgan fingerprint density at radius 1 is 0.737 bits per heavy atom. The van der Waals surface area contributed by atoms with Gasteiger partial charge in [0.15, 0.2) is 0 Å². The second-order valence-electron chi connectivity index (χ2n) is 6.47. The van der Waals surface area contributed by atoms with Crippen molar-refractivity contribution in [2.45, 2.75) is 31.7 Å². The molecule has 0 spiro atoms. The minimum absolute atomic E-state index is 0.951. The van der Waals surface area contributed by atoms with Crippen LogP contribution in [0.5, 0.6) is 0 Å². The molecule has 0 heterocycles. The van der Waals surface area contributed by atoms with Gasteiger partial charge < -0.3 is 0 Å². The normalized spacial score (nSPS) is 11.8. The maximum atomic E-state index is 2.48. The molecule has 2 aromatic carbocycles. The van der Waals surface area contributed by atoms with E-state index in [1.54, 1.807) is 10.4 Å². The van der Waals surface area contributed by atoms with Gasteiger partial charge in [-0.25, -0.2) is 0 Å². The first kappa shape index (κ1) is 14.3. The molecule has 2 heteroatoms. The molecule has 0 N–H and O–H groups in total. The molecule has 0 radical (unpaired) electrons. The van der Waals surface area contributed by atoms with E-state index < -0.39 is 16.9 Å². The molecule has 0 aliphatic carbocycles. The molecule has 0 aliphatic rings. The van der Waals surface area contributed by atoms with Crippen LogP contribution in [0.1, 0.15) is 0 Å². The third-order valence-corrected chi connectivity index (χ3v) is 9.20. The summed E-state index contributed by atoms with van der Waals surface area (Å²) in [6.45, 7) is 7.44. The predicted octanol–water partition coefficient (Wildman–Crippen LogP) is 3.37. The summed E-state index contributed by atoms with van der Waals surface area (Å²) in [6.07, 6.45) is 0. The van der Waals surface area contributed by atoms with E-state index >= 15 is 0 Å². The van der Waals surface area contributed by atoms with Crippen molar-refractivity contribution in [1.29, 1.82) is 0 Å². The zero-order valence-electron chi connectivity index (χ0n) is 12.3. The molecule has 0 atom stereocenters. The van der Waals surface area contributed by atoms with Crippen LogP contribution in [-0.4, -0.2) is 16.9 Å². The standard InChI is InChI=1S/C17H24Si2/c1-19(2,3)15-14-18(16-10-6-4-7-11-16)17-12-8-5-9-13-17/h4-13,18H,14-15H2,1-3H3. The predicted molar refractivity (Wildman–Crippen MR) is 92.3 cm³/mol. The molecular formula is C17H24Si2. The van der Waals surface area contributed by atoms with Crippen LogP contribution in [0.2, 0.25) is 31.7 Å². The highest BCUT2D eigenvalue weighted by atomic mass is 28.3. The fourth-order valence-corrected chi connectivity index (χ4v) is 9.52. The molecule has 100 valence electrons. The van der Waals surface area contributed by atoms with Crippen molar-refractivity contribution >= 4 is 27.2 Å². The van der Waals surface area contributed by atoms with Gasteiger partial charge >= 0.3 is 0 Å². The molecule has 0 nitrogen and oxygen atoms in total. The average molecular weight is 285 g/mol. The molecule has 2 rings (SSSR count). The van der Waals surface area contributed by atoms with Crippen LogP contribution in [0.25, 0.3) is 0 Å². The first-order valence-corrected chi connectivity index (χ1v) is 12.8. The second kappa shape index (κ2) is 6.35. The molecule has 0 aliphatic heterocycles. The monoisotopic (exact) mass is 284 g/mol. The number of benzene rings is 2. The van der Waals surface area contributed by atoms with Crippen LogP contribution in [0.15, 0.2) is 60.7 Å². The smallest absolute Gasteiger partial charge is 0.0696 e. The van der Waals surface area contributed by atoms with Gasteiger partial charge in [-0.1, -0.05) is 103 Å². The lowest BCUT2D eigenvalue weighted by molar-refractivity contribution is 1.32. The van der Waals surface area contributed by atoms with Gasteiger partial charge in [-0.2, -0.15) is 0 Å². The molecule has 0 fully saturated rings. The Balaban J connectivity index is 2.24. The molecule has 2 aromatic rings. The fraction of sp³-hybridized carbons (Fsp3) is 0.294. The number of rotatable bonds is 5. The Morgan fingerprint density at radius 2 is 1.16 bits per heavy atom. The van der Waals surface area contributed by atoms with Crippen molar-refractivity contribution in [2.75, 3.05) is 0 Å². The first-order valence-electron chi connectivity index (χ1n) is 7.16. The summed E-state index contributed by atoms with van der Waals surface area (Å²) in [5, 5.41) is 3.18. The summed E-state index contributed by atoms with van der Waals surface area (Å²) in [5.41, 5.74) is 0. The lowest BCUT2D eigenvalue weighted by Crippen LogP contribution is -2.43. The number of hydrogen-bond acceptors (Lipinski definition) is 0. The van der Waals surface area contributed by atoms with Crippen molar-refractivity contribution in [3.63, 3.8) is 0 Å². The summed E-state index contributed by atoms with van der Waals surface area (Å²) in [7, 11) is -1.97. The summed E-state index contributed by atoms with van der Waals surface area (Å²) < 4.78 is 0. The summed E-state index contributed by atoms with van der Waals surface area (Å²) >= 11 is 0. The molecule has 0 amide bonds. The SMILES string of the molecule is C[Si](C)(C)CC[SiH](c1ccccc1)c1ccccc1. The van der Waals surface area contributed by atoms with Gasteiger partial charge in [0, 0.05) is 8.07 Å². The maximum Gasteiger partial charge on any atom is 0.102 e. The van der Waals surface area contributed by atoms with Crippen molar-refractivity contribution in [1.82, 2.24) is 0 Å². The highest BCUT2D eigenvalue weighted by Crippen LogP contribution is 2.14. The minimum atomic E-state index is -1.02. The van der Waals surface area contributed by atoms with Crippen molar-refractivity contribution in [3.05, 3.63) is 60.7 Å². The van der Waals surface area contributed by atoms with Crippen LogP contribution < -0.4 is 10.4 Å². The van der Waals surface area contributed by atoms with Crippen LogP contribution in [-0.2, 0) is 0 Å². The third-order valence-electron chi connectivity index (χ3n) is 3.59. The summed E-state index contributed by atoms with van der Waals surface area (Å²) in [6, 6.07) is 25.2. The second-order valence-corrected chi connectivity index (χ2v) is 15.1. The van der Waals surface area contributed by atoms with Crippen LogP contribution in [0.4, 0.5) is 0 Å². The third kappa shape index (κ3) is 4.48. The summed E-state index contributed by atoms with van der Waals surface area (Å²) in [5.74, 6) is 0. The van der Waals surface area contributed by atoms with Gasteiger partial charge in [0.1, 0.15) is 8.80 Å². The largest absolute Gasteiger partial charge is 0.102 e. The maximum absolute atomic E-state index is 2.48. The molecule has 0 saturated heterocycles. The zero-order chi connectivity index (χ0) is 13.7. The van der Waals surface area contributed by atoms with Crippen LogP contribution in [0, 0.1) is 0 Å². The van der Waals surface area contributed by atoms with E-state index in [2.05, 4.69) is 80.3 Å². The van der Waals surface area contributed by atoms with E-state index in [-0.39, 0.29) is 0 Å². The Labute approximate surface area is 120 Å². The highest BCUT2D eigenvalue weighted by Gasteiger charge is 2.20. The molecule has 19 heavy (non-hydrogen) atoms. The van der Waals surface area contributed by atoms with Gasteiger partial charge in [-0.15, -0.1) is 0 Å². The Kier molecular flexibility index (Phi) is 4.78. The molecule has 0 bridgehead atoms. The van der Waals surface area contributed by atoms with Gasteiger partial charge in [0.05, 0.1) is 0 Å². The quantitative estimate of drug-likeness (QED) is 0.739. The van der Waals surface area contributed by atoms with Gasteiger partial charge in [0.2, 0.25) is 0 Å². The lowest BCUT2D eigenvalue weighted by atomic mass is 10.4. The van der Waals surface area contributed by atoms with Gasteiger partial charge in [-0.05, 0) is 0 Å². The Hall–Kier alpha value is -1.13. The summed E-state index contributed by atoms with van der Waals surface area (Å²) in [4.78, 5) is 0. The molecule has 0 aromatic heterocycles. The fourth-order valence-electron chi connectivity index (χ4n) is 2.47. The van der Waals surface area contributed by atoms with Gasteiger partial charge in [0.25, 0.3) is 0 Å². The first-order chi connectivity index (χ1) is 9.06. The lowest BCUT2D eigenvalue weighted by Gasteiger charge is -2.21. The average Bonchev–Trinajstić information content (AvgIpc) is 2.40. The number of hydrogen-bond donors (Lipinski definition) is 0. The Bertz CT molecular complexity index is 446. The van der Waals surface area contributed by atoms with Crippen molar-refractivity contribution in [2.24, 2.45) is 0 Å². The highest BCUT2D eigenvalue weighted by molar-refractivity contribution is 6.87. The topological polar surface area (TPSA) is 0 Å². The molecular weight excluding hydrogens is 260 g/mol. The van der Waals surface area contributed by atoms with E-state index in [0.29, 0.717) is 0 Å². The van der Waals surface area contributed by atoms with Crippen LogP contribution in [0.3, 0.4) is 0 Å². The zero-order valence-corrected chi connectivity index (χ0v) is 14.4. The van der Waals surface area contributed by atoms with E-state index in [4.69, 9.17) is 0 Å². The van der Waals surface area contributed by atoms with Crippen LogP contribution >= 0.6 is 0 Å². The van der Waals surface area contributed by atoms with E-state index in [9.17, 15) is 0 Å². The molecule has 0 unspecified atom stereocenters. The van der Waals surface area contributed by atoms with Crippen molar-refractivity contribution < 1.29 is 0 Å². The van der Waals surface area contributed by atoms with Crippen molar-refractivity contribution in [3.8, 4) is 0 Å². The van der Waals surface area contributed by atoms with E-state index in [1.165, 1.54) is 12.1 Å². The van der Waals surface area contributed by atoms with Gasteiger partial charge in [-0.3, -0.25) is 0 Å².